The Morgan fingerprint density at radius 1 is 1.16 bits per heavy atom. The second-order valence-electron chi connectivity index (χ2n) is 8.44. The van der Waals surface area contributed by atoms with E-state index in [1.807, 2.05) is 19.1 Å². The number of ether oxygens (including phenoxy) is 1. The molecular weight excluding hydrogens is 396 g/mol. The molecule has 0 spiro atoms. The van der Waals surface area contributed by atoms with Gasteiger partial charge in [-0.05, 0) is 55.0 Å². The molecule has 0 radical (unpaired) electrons. The summed E-state index contributed by atoms with van der Waals surface area (Å²) < 4.78 is 5.79. The largest absolute Gasteiger partial charge is 0.490 e. The van der Waals surface area contributed by atoms with Crippen molar-refractivity contribution in [3.05, 3.63) is 53.3 Å². The van der Waals surface area contributed by atoms with E-state index in [1.165, 1.54) is 18.5 Å². The molecule has 0 saturated carbocycles. The molecule has 0 bridgehead atoms. The highest BCUT2D eigenvalue weighted by atomic mass is 16.5. The smallest absolute Gasteiger partial charge is 0.313 e. The van der Waals surface area contributed by atoms with Crippen molar-refractivity contribution >= 4 is 23.4 Å². The molecule has 0 aliphatic carbocycles. The fourth-order valence-corrected chi connectivity index (χ4v) is 4.33. The number of rotatable bonds is 3. The molecule has 3 heterocycles. The number of nitrogens with two attached hydrogens (primary N) is 1. The van der Waals surface area contributed by atoms with E-state index < -0.39 is 17.7 Å². The van der Waals surface area contributed by atoms with Crippen molar-refractivity contribution in [3.63, 3.8) is 0 Å². The lowest BCUT2D eigenvalue weighted by Crippen LogP contribution is -2.46. The van der Waals surface area contributed by atoms with E-state index in [9.17, 15) is 14.4 Å². The first-order chi connectivity index (χ1) is 14.8. The number of carbonyl (C=O) groups excluding carboxylic acids is 3. The Bertz CT molecular complexity index is 1040. The fourth-order valence-electron chi connectivity index (χ4n) is 4.33. The molecule has 1 aromatic carbocycles. The van der Waals surface area contributed by atoms with Gasteiger partial charge in [-0.25, -0.2) is 0 Å². The van der Waals surface area contributed by atoms with E-state index in [0.717, 1.165) is 36.1 Å². The minimum Gasteiger partial charge on any atom is -0.490 e. The number of piperidine rings is 1. The molecule has 1 saturated heterocycles. The summed E-state index contributed by atoms with van der Waals surface area (Å²) in [7, 11) is 0. The lowest BCUT2D eigenvalue weighted by Gasteiger charge is -2.38. The maximum atomic E-state index is 13.1. The van der Waals surface area contributed by atoms with Crippen molar-refractivity contribution in [2.45, 2.75) is 45.3 Å². The van der Waals surface area contributed by atoms with E-state index in [2.05, 4.69) is 23.3 Å². The molecule has 3 amide bonds. The minimum atomic E-state index is -0.763. The molecule has 0 unspecified atom stereocenters. The van der Waals surface area contributed by atoms with Crippen LogP contribution in [0.4, 0.5) is 5.69 Å². The normalized spacial score (nSPS) is 22.4. The molecule has 3 atom stereocenters. The second kappa shape index (κ2) is 8.37. The number of nitrogens with one attached hydrogen (secondary N) is 1. The van der Waals surface area contributed by atoms with Crippen LogP contribution in [0.2, 0.25) is 0 Å². The van der Waals surface area contributed by atoms with Crippen LogP contribution in [0.3, 0.4) is 0 Å². The number of fused-ring (bicyclic) bond motifs is 1. The number of amides is 3. The Morgan fingerprint density at radius 3 is 2.74 bits per heavy atom. The Hall–Kier alpha value is -3.42. The number of aromatic nitrogens is 1. The van der Waals surface area contributed by atoms with Crippen LogP contribution in [0.15, 0.2) is 36.7 Å². The molecule has 2 aromatic rings. The van der Waals surface area contributed by atoms with Crippen LogP contribution in [-0.2, 0) is 16.0 Å². The maximum Gasteiger partial charge on any atom is 0.313 e. The topological polar surface area (TPSA) is 115 Å². The lowest BCUT2D eigenvalue weighted by atomic mass is 9.89. The van der Waals surface area contributed by atoms with Crippen LogP contribution in [-0.4, -0.2) is 40.3 Å². The maximum absolute atomic E-state index is 13.1. The molecule has 4 rings (SSSR count). The van der Waals surface area contributed by atoms with Gasteiger partial charge in [0.2, 0.25) is 5.91 Å². The standard InChI is InChI=1S/C23H26N4O4/c1-13-3-5-19(15-4-6-20-16(8-15)7-14(2)31-20)27(12-13)23(30)22(29)26-18-9-17(21(24)28)10-25-11-18/h4,6,8-11,13-14,19H,3,5,7,12H2,1-2H3,(H2,24,28)(H,26,29)/t13-,14+,19+/m0/s1. The van der Waals surface area contributed by atoms with Crippen molar-refractivity contribution in [1.29, 1.82) is 0 Å². The summed E-state index contributed by atoms with van der Waals surface area (Å²) in [5.41, 5.74) is 7.82. The molecule has 31 heavy (non-hydrogen) atoms. The van der Waals surface area contributed by atoms with Gasteiger partial charge >= 0.3 is 11.8 Å². The van der Waals surface area contributed by atoms with Gasteiger partial charge in [0, 0.05) is 19.2 Å². The van der Waals surface area contributed by atoms with Gasteiger partial charge in [-0.2, -0.15) is 0 Å². The van der Waals surface area contributed by atoms with Gasteiger partial charge in [-0.15, -0.1) is 0 Å². The summed E-state index contributed by atoms with van der Waals surface area (Å²) in [6, 6.07) is 7.26. The highest BCUT2D eigenvalue weighted by molar-refractivity contribution is 6.39. The van der Waals surface area contributed by atoms with Crippen molar-refractivity contribution in [3.8, 4) is 5.75 Å². The highest BCUT2D eigenvalue weighted by Gasteiger charge is 2.35. The van der Waals surface area contributed by atoms with Crippen molar-refractivity contribution in [2.75, 3.05) is 11.9 Å². The molecule has 8 nitrogen and oxygen atoms in total. The van der Waals surface area contributed by atoms with Crippen LogP contribution >= 0.6 is 0 Å². The third-order valence-corrected chi connectivity index (χ3v) is 5.86. The average Bonchev–Trinajstić information content (AvgIpc) is 3.12. The highest BCUT2D eigenvalue weighted by Crippen LogP contribution is 2.37. The summed E-state index contributed by atoms with van der Waals surface area (Å²) in [5.74, 6) is -0.843. The van der Waals surface area contributed by atoms with Gasteiger partial charge in [-0.3, -0.25) is 19.4 Å². The van der Waals surface area contributed by atoms with E-state index in [1.54, 1.807) is 4.90 Å². The molecule has 2 aliphatic heterocycles. The average molecular weight is 422 g/mol. The zero-order chi connectivity index (χ0) is 22.1. The Morgan fingerprint density at radius 2 is 1.97 bits per heavy atom. The summed E-state index contributed by atoms with van der Waals surface area (Å²) in [6.45, 7) is 4.61. The zero-order valence-electron chi connectivity index (χ0n) is 17.6. The third kappa shape index (κ3) is 4.38. The van der Waals surface area contributed by atoms with E-state index in [4.69, 9.17) is 10.5 Å². The van der Waals surface area contributed by atoms with E-state index in [-0.39, 0.29) is 23.4 Å². The first kappa shape index (κ1) is 20.8. The number of primary amides is 1. The summed E-state index contributed by atoms with van der Waals surface area (Å²) in [6.07, 6.45) is 5.42. The number of benzene rings is 1. The van der Waals surface area contributed by atoms with Crippen molar-refractivity contribution < 1.29 is 19.1 Å². The summed E-state index contributed by atoms with van der Waals surface area (Å²) in [5, 5.41) is 2.55. The first-order valence-corrected chi connectivity index (χ1v) is 10.5. The molecule has 1 aromatic heterocycles. The third-order valence-electron chi connectivity index (χ3n) is 5.86. The predicted molar refractivity (Wildman–Crippen MR) is 114 cm³/mol. The number of likely N-dealkylation sites (tertiary alicyclic amines) is 1. The number of anilines is 1. The minimum absolute atomic E-state index is 0.143. The van der Waals surface area contributed by atoms with Crippen LogP contribution < -0.4 is 15.8 Å². The van der Waals surface area contributed by atoms with Gasteiger partial charge in [-0.1, -0.05) is 13.0 Å². The van der Waals surface area contributed by atoms with Crippen LogP contribution in [0.1, 0.15) is 54.2 Å². The number of nitrogens with zero attached hydrogens (tertiary/aromatic N) is 2. The van der Waals surface area contributed by atoms with Crippen LogP contribution in [0, 0.1) is 5.92 Å². The number of carbonyl (C=O) groups is 3. The monoisotopic (exact) mass is 422 g/mol. The van der Waals surface area contributed by atoms with E-state index >= 15 is 0 Å². The lowest BCUT2D eigenvalue weighted by molar-refractivity contribution is -0.146. The Labute approximate surface area is 180 Å². The summed E-state index contributed by atoms with van der Waals surface area (Å²) in [4.78, 5) is 42.7. The Balaban J connectivity index is 1.54. The summed E-state index contributed by atoms with van der Waals surface area (Å²) >= 11 is 0. The molecule has 162 valence electrons. The molecule has 1 fully saturated rings. The first-order valence-electron chi connectivity index (χ1n) is 10.5. The van der Waals surface area contributed by atoms with Crippen molar-refractivity contribution in [1.82, 2.24) is 9.88 Å². The molecule has 8 heteroatoms. The van der Waals surface area contributed by atoms with Gasteiger partial charge in [0.05, 0.1) is 23.5 Å². The molecular formula is C23H26N4O4. The predicted octanol–water partition coefficient (Wildman–Crippen LogP) is 2.44. The van der Waals surface area contributed by atoms with Crippen molar-refractivity contribution in [2.24, 2.45) is 11.7 Å². The van der Waals surface area contributed by atoms with Gasteiger partial charge in [0.25, 0.3) is 0 Å². The van der Waals surface area contributed by atoms with E-state index in [0.29, 0.717) is 12.5 Å². The SMILES string of the molecule is C[C@H]1CC[C@H](c2ccc3c(c2)C[C@@H](C)O3)N(C(=O)C(=O)Nc2cncc(C(N)=O)c2)C1. The quantitative estimate of drug-likeness (QED) is 0.738. The van der Waals surface area contributed by atoms with Gasteiger partial charge in [0.15, 0.2) is 0 Å². The second-order valence-corrected chi connectivity index (χ2v) is 8.44. The van der Waals surface area contributed by atoms with Crippen LogP contribution in [0.25, 0.3) is 0 Å². The Kier molecular flexibility index (Phi) is 5.63. The number of pyridine rings is 1. The molecule has 2 aliphatic rings. The zero-order valence-corrected chi connectivity index (χ0v) is 17.6. The number of hydrogen-bond acceptors (Lipinski definition) is 5. The fraction of sp³-hybridized carbons (Fsp3) is 0.391. The number of hydrogen-bond donors (Lipinski definition) is 2. The van der Waals surface area contributed by atoms with Gasteiger partial charge in [0.1, 0.15) is 11.9 Å². The van der Waals surface area contributed by atoms with Gasteiger partial charge < -0.3 is 20.7 Å². The van der Waals surface area contributed by atoms with Crippen LogP contribution in [0.5, 0.6) is 5.75 Å². The molecule has 3 N–H and O–H groups in total.